The van der Waals surface area contributed by atoms with Crippen molar-refractivity contribution in [2.45, 2.75) is 19.1 Å². The molecule has 0 aliphatic carbocycles. The van der Waals surface area contributed by atoms with E-state index < -0.39 is 0 Å². The van der Waals surface area contributed by atoms with E-state index in [2.05, 4.69) is 5.32 Å². The van der Waals surface area contributed by atoms with Crippen LogP contribution in [0.15, 0.2) is 24.3 Å². The lowest BCUT2D eigenvalue weighted by Crippen LogP contribution is -2.30. The van der Waals surface area contributed by atoms with Crippen molar-refractivity contribution < 1.29 is 14.2 Å². The van der Waals surface area contributed by atoms with Crippen LogP contribution in [-0.2, 0) is 9.47 Å². The predicted molar refractivity (Wildman–Crippen MR) is 74.3 cm³/mol. The molecule has 106 valence electrons. The van der Waals surface area contributed by atoms with Gasteiger partial charge in [0.2, 0.25) is 0 Å². The summed E-state index contributed by atoms with van der Waals surface area (Å²) in [5.41, 5.74) is 0.979. The van der Waals surface area contributed by atoms with Crippen molar-refractivity contribution in [3.8, 4) is 5.75 Å². The quantitative estimate of drug-likeness (QED) is 0.802. The van der Waals surface area contributed by atoms with Crippen LogP contribution in [0.25, 0.3) is 0 Å². The number of ether oxygens (including phenoxy) is 3. The Balaban J connectivity index is 1.90. The fraction of sp³-hybridized carbons (Fsp3) is 0.600. The van der Waals surface area contributed by atoms with Crippen LogP contribution in [0.5, 0.6) is 5.75 Å². The van der Waals surface area contributed by atoms with Crippen molar-refractivity contribution in [3.63, 3.8) is 0 Å². The van der Waals surface area contributed by atoms with Crippen LogP contribution in [0.3, 0.4) is 0 Å². The summed E-state index contributed by atoms with van der Waals surface area (Å²) >= 11 is 0. The molecular weight excluding hydrogens is 242 g/mol. The van der Waals surface area contributed by atoms with E-state index in [0.717, 1.165) is 31.0 Å². The van der Waals surface area contributed by atoms with Gasteiger partial charge in [-0.2, -0.15) is 0 Å². The summed E-state index contributed by atoms with van der Waals surface area (Å²) in [5, 5.41) is 3.36. The standard InChI is InChI=1S/C15H23NO3/c1-17-15(18-2)13-4-3-5-14(10-13)19-11-12-6-8-16-9-7-12/h3-5,10,12,15-16H,6-9,11H2,1-2H3. The molecule has 0 saturated carbocycles. The fourth-order valence-electron chi connectivity index (χ4n) is 2.38. The van der Waals surface area contributed by atoms with E-state index in [1.807, 2.05) is 24.3 Å². The van der Waals surface area contributed by atoms with Crippen molar-refractivity contribution in [1.82, 2.24) is 5.32 Å². The van der Waals surface area contributed by atoms with Crippen LogP contribution < -0.4 is 10.1 Å². The minimum absolute atomic E-state index is 0.331. The Hall–Kier alpha value is -1.10. The number of nitrogens with one attached hydrogen (secondary N) is 1. The molecule has 1 saturated heterocycles. The van der Waals surface area contributed by atoms with E-state index in [-0.39, 0.29) is 6.29 Å². The molecule has 19 heavy (non-hydrogen) atoms. The van der Waals surface area contributed by atoms with Gasteiger partial charge >= 0.3 is 0 Å². The van der Waals surface area contributed by atoms with E-state index in [1.165, 1.54) is 12.8 Å². The molecular formula is C15H23NO3. The van der Waals surface area contributed by atoms with Crippen molar-refractivity contribution in [2.75, 3.05) is 33.9 Å². The molecule has 1 aromatic carbocycles. The summed E-state index contributed by atoms with van der Waals surface area (Å²) in [7, 11) is 3.27. The van der Waals surface area contributed by atoms with Gasteiger partial charge in [0.25, 0.3) is 0 Å². The summed E-state index contributed by atoms with van der Waals surface area (Å²) in [6.45, 7) is 2.99. The fourth-order valence-corrected chi connectivity index (χ4v) is 2.38. The normalized spacial score (nSPS) is 16.8. The van der Waals surface area contributed by atoms with Gasteiger partial charge in [-0.3, -0.25) is 0 Å². The molecule has 1 aromatic rings. The second-order valence-corrected chi connectivity index (χ2v) is 4.88. The monoisotopic (exact) mass is 265 g/mol. The van der Waals surface area contributed by atoms with Crippen LogP contribution in [0.1, 0.15) is 24.7 Å². The minimum Gasteiger partial charge on any atom is -0.493 e. The first-order chi connectivity index (χ1) is 9.33. The number of methoxy groups -OCH3 is 2. The molecule has 0 radical (unpaired) electrons. The highest BCUT2D eigenvalue weighted by Gasteiger charge is 2.14. The molecule has 1 N–H and O–H groups in total. The van der Waals surface area contributed by atoms with Gasteiger partial charge < -0.3 is 19.5 Å². The maximum atomic E-state index is 5.89. The smallest absolute Gasteiger partial charge is 0.183 e. The van der Waals surface area contributed by atoms with Gasteiger partial charge in [-0.1, -0.05) is 12.1 Å². The van der Waals surface area contributed by atoms with E-state index in [9.17, 15) is 0 Å². The first-order valence-electron chi connectivity index (χ1n) is 6.82. The van der Waals surface area contributed by atoms with E-state index >= 15 is 0 Å². The van der Waals surface area contributed by atoms with Gasteiger partial charge in [0, 0.05) is 19.8 Å². The third kappa shape index (κ3) is 4.20. The summed E-state index contributed by atoms with van der Waals surface area (Å²) in [5.74, 6) is 1.54. The lowest BCUT2D eigenvalue weighted by atomic mass is 9.99. The van der Waals surface area contributed by atoms with Gasteiger partial charge in [0.05, 0.1) is 6.61 Å². The van der Waals surface area contributed by atoms with Crippen LogP contribution in [0.4, 0.5) is 0 Å². The number of hydrogen-bond donors (Lipinski definition) is 1. The van der Waals surface area contributed by atoms with Crippen molar-refractivity contribution in [1.29, 1.82) is 0 Å². The molecule has 1 heterocycles. The van der Waals surface area contributed by atoms with Crippen molar-refractivity contribution >= 4 is 0 Å². The zero-order chi connectivity index (χ0) is 13.5. The summed E-state index contributed by atoms with van der Waals surface area (Å²) in [4.78, 5) is 0. The molecule has 0 spiro atoms. The van der Waals surface area contributed by atoms with E-state index in [0.29, 0.717) is 5.92 Å². The molecule has 0 atom stereocenters. The maximum absolute atomic E-state index is 5.89. The average Bonchev–Trinajstić information content (AvgIpc) is 2.48. The Morgan fingerprint density at radius 2 is 1.95 bits per heavy atom. The van der Waals surface area contributed by atoms with E-state index in [1.54, 1.807) is 14.2 Å². The van der Waals surface area contributed by atoms with Gasteiger partial charge in [-0.05, 0) is 44.0 Å². The van der Waals surface area contributed by atoms with E-state index in [4.69, 9.17) is 14.2 Å². The van der Waals surface area contributed by atoms with Crippen molar-refractivity contribution in [2.24, 2.45) is 5.92 Å². The topological polar surface area (TPSA) is 39.7 Å². The molecule has 1 aliphatic heterocycles. The zero-order valence-corrected chi connectivity index (χ0v) is 11.7. The third-order valence-electron chi connectivity index (χ3n) is 3.50. The lowest BCUT2D eigenvalue weighted by molar-refractivity contribution is -0.106. The van der Waals surface area contributed by atoms with Gasteiger partial charge in [-0.15, -0.1) is 0 Å². The van der Waals surface area contributed by atoms with Crippen LogP contribution in [0, 0.1) is 5.92 Å². The highest BCUT2D eigenvalue weighted by molar-refractivity contribution is 5.29. The summed E-state index contributed by atoms with van der Waals surface area (Å²) < 4.78 is 16.4. The average molecular weight is 265 g/mol. The Morgan fingerprint density at radius 1 is 1.21 bits per heavy atom. The molecule has 0 aromatic heterocycles. The number of hydrogen-bond acceptors (Lipinski definition) is 4. The molecule has 0 amide bonds. The predicted octanol–water partition coefficient (Wildman–Crippen LogP) is 2.36. The Kier molecular flexibility index (Phi) is 5.63. The molecule has 2 rings (SSSR count). The van der Waals surface area contributed by atoms with Crippen LogP contribution in [0.2, 0.25) is 0 Å². The highest BCUT2D eigenvalue weighted by Crippen LogP contribution is 2.23. The van der Waals surface area contributed by atoms with Gasteiger partial charge in [0.15, 0.2) is 6.29 Å². The lowest BCUT2D eigenvalue weighted by Gasteiger charge is -2.23. The van der Waals surface area contributed by atoms with Gasteiger partial charge in [0.1, 0.15) is 5.75 Å². The Bertz CT molecular complexity index is 373. The largest absolute Gasteiger partial charge is 0.493 e. The summed E-state index contributed by atoms with van der Waals surface area (Å²) in [6, 6.07) is 7.92. The molecule has 1 aliphatic rings. The second kappa shape index (κ2) is 7.48. The number of rotatable bonds is 6. The number of piperidine rings is 1. The molecule has 4 nitrogen and oxygen atoms in total. The molecule has 1 fully saturated rings. The zero-order valence-electron chi connectivity index (χ0n) is 11.7. The summed E-state index contributed by atoms with van der Waals surface area (Å²) in [6.07, 6.45) is 2.05. The first kappa shape index (κ1) is 14.3. The van der Waals surface area contributed by atoms with Crippen LogP contribution >= 0.6 is 0 Å². The highest BCUT2D eigenvalue weighted by atomic mass is 16.7. The van der Waals surface area contributed by atoms with Gasteiger partial charge in [-0.25, -0.2) is 0 Å². The molecule has 0 bridgehead atoms. The first-order valence-corrected chi connectivity index (χ1v) is 6.82. The Labute approximate surface area is 115 Å². The number of benzene rings is 1. The molecule has 0 unspecified atom stereocenters. The second-order valence-electron chi connectivity index (χ2n) is 4.88. The Morgan fingerprint density at radius 3 is 2.63 bits per heavy atom. The SMILES string of the molecule is COC(OC)c1cccc(OCC2CCNCC2)c1. The van der Waals surface area contributed by atoms with Crippen LogP contribution in [-0.4, -0.2) is 33.9 Å². The molecule has 4 heteroatoms. The van der Waals surface area contributed by atoms with Crippen molar-refractivity contribution in [3.05, 3.63) is 29.8 Å². The maximum Gasteiger partial charge on any atom is 0.183 e. The third-order valence-corrected chi connectivity index (χ3v) is 3.50. The minimum atomic E-state index is -0.331.